The Balaban J connectivity index is 1.34. The van der Waals surface area contributed by atoms with Crippen molar-refractivity contribution >= 4 is 41.1 Å². The molecule has 3 heterocycles. The van der Waals surface area contributed by atoms with E-state index in [0.29, 0.717) is 28.4 Å². The van der Waals surface area contributed by atoms with Gasteiger partial charge in [0.05, 0.1) is 23.5 Å². The van der Waals surface area contributed by atoms with Gasteiger partial charge in [-0.2, -0.15) is 4.68 Å². The maximum Gasteiger partial charge on any atom is 0.335 e. The fraction of sp³-hybridized carbons (Fsp3) is 0.294. The minimum atomic E-state index is -1.06. The fourth-order valence-electron chi connectivity index (χ4n) is 6.22. The molecule has 2 saturated heterocycles. The topological polar surface area (TPSA) is 152 Å². The van der Waals surface area contributed by atoms with E-state index in [1.54, 1.807) is 29.2 Å². The Morgan fingerprint density at radius 3 is 2.47 bits per heavy atom. The number of halogens is 1. The normalized spacial score (nSPS) is 20.3. The van der Waals surface area contributed by atoms with Crippen molar-refractivity contribution in [1.82, 2.24) is 30.4 Å². The van der Waals surface area contributed by atoms with Crippen molar-refractivity contribution in [3.8, 4) is 5.69 Å². The van der Waals surface area contributed by atoms with E-state index in [9.17, 15) is 19.5 Å². The zero-order chi connectivity index (χ0) is 32.8. The summed E-state index contributed by atoms with van der Waals surface area (Å²) < 4.78 is 8.08. The molecule has 1 aromatic heterocycles. The lowest BCUT2D eigenvalue weighted by Gasteiger charge is -2.44. The van der Waals surface area contributed by atoms with Gasteiger partial charge in [0.15, 0.2) is 0 Å². The van der Waals surface area contributed by atoms with Crippen LogP contribution in [0.2, 0.25) is 5.02 Å². The Bertz CT molecular complexity index is 1730. The zero-order valence-electron chi connectivity index (χ0n) is 25.4. The lowest BCUT2D eigenvalue weighted by Crippen LogP contribution is -2.57. The number of hydrogen-bond acceptors (Lipinski definition) is 8. The van der Waals surface area contributed by atoms with Gasteiger partial charge in [-0.3, -0.25) is 9.59 Å². The van der Waals surface area contributed by atoms with E-state index in [1.165, 1.54) is 41.4 Å². The third-order valence-corrected chi connectivity index (χ3v) is 8.71. The smallest absolute Gasteiger partial charge is 0.335 e. The molecule has 0 bridgehead atoms. The van der Waals surface area contributed by atoms with Crippen molar-refractivity contribution < 1.29 is 24.2 Å². The zero-order valence-corrected chi connectivity index (χ0v) is 26.2. The van der Waals surface area contributed by atoms with E-state index >= 15 is 0 Å². The maximum absolute atomic E-state index is 14.2. The average Bonchev–Trinajstić information content (AvgIpc) is 3.63. The highest BCUT2D eigenvalue weighted by Gasteiger charge is 2.44. The summed E-state index contributed by atoms with van der Waals surface area (Å²) in [5, 5.41) is 27.4. The summed E-state index contributed by atoms with van der Waals surface area (Å²) in [7, 11) is 0. The minimum absolute atomic E-state index is 0.0496. The van der Waals surface area contributed by atoms with Gasteiger partial charge >= 0.3 is 5.97 Å². The number of likely N-dealkylation sites (tertiary alicyclic amines) is 1. The summed E-state index contributed by atoms with van der Waals surface area (Å²) in [6.45, 7) is 1.93. The molecule has 0 radical (unpaired) electrons. The first kappa shape index (κ1) is 32.0. The van der Waals surface area contributed by atoms with Gasteiger partial charge in [0.1, 0.15) is 12.4 Å². The molecule has 6 rings (SSSR count). The lowest BCUT2D eigenvalue weighted by atomic mass is 9.81. The summed E-state index contributed by atoms with van der Waals surface area (Å²) in [5.74, 6) is -2.21. The molecule has 2 fully saturated rings. The Labute approximate surface area is 276 Å². The third-order valence-electron chi connectivity index (χ3n) is 8.47. The molecule has 0 aliphatic carbocycles. The number of rotatable bonds is 9. The van der Waals surface area contributed by atoms with Crippen LogP contribution in [-0.2, 0) is 14.3 Å². The second-order valence-electron chi connectivity index (χ2n) is 11.6. The number of tetrazole rings is 1. The van der Waals surface area contributed by atoms with Gasteiger partial charge in [-0.1, -0.05) is 41.9 Å². The molecule has 3 N–H and O–H groups in total. The number of carboxylic acid groups (broad SMARTS) is 1. The van der Waals surface area contributed by atoms with Crippen molar-refractivity contribution in [2.24, 2.45) is 0 Å². The molecule has 3 atom stereocenters. The number of carbonyl (C=O) groups is 3. The number of ether oxygens (including phenoxy) is 1. The van der Waals surface area contributed by atoms with E-state index < -0.39 is 12.0 Å². The Kier molecular flexibility index (Phi) is 10.0. The third kappa shape index (κ3) is 7.74. The second-order valence-corrected chi connectivity index (χ2v) is 12.0. The van der Waals surface area contributed by atoms with Crippen molar-refractivity contribution in [3.63, 3.8) is 0 Å². The molecular weight excluding hydrogens is 622 g/mol. The molecular formula is C34H34ClN7O5. The van der Waals surface area contributed by atoms with Gasteiger partial charge < -0.3 is 25.4 Å². The van der Waals surface area contributed by atoms with Gasteiger partial charge in [-0.25, -0.2) is 4.79 Å². The first-order valence-corrected chi connectivity index (χ1v) is 15.8. The molecule has 0 unspecified atom stereocenters. The summed E-state index contributed by atoms with van der Waals surface area (Å²) in [6.07, 6.45) is 6.53. The summed E-state index contributed by atoms with van der Waals surface area (Å²) in [6, 6.07) is 19.9. The number of aromatic carboxylic acids is 1. The van der Waals surface area contributed by atoms with E-state index in [-0.39, 0.29) is 42.0 Å². The first-order valence-electron chi connectivity index (χ1n) is 15.4. The maximum atomic E-state index is 14.2. The number of anilines is 1. The molecule has 2 aliphatic rings. The van der Waals surface area contributed by atoms with Crippen molar-refractivity contribution in [2.45, 2.75) is 43.4 Å². The summed E-state index contributed by atoms with van der Waals surface area (Å²) >= 11 is 6.31. The molecule has 2 aliphatic heterocycles. The molecule has 4 aromatic rings. The van der Waals surface area contributed by atoms with Crippen LogP contribution in [0.4, 0.5) is 5.69 Å². The number of carbonyl (C=O) groups excluding carboxylic acids is 2. The summed E-state index contributed by atoms with van der Waals surface area (Å²) in [5.41, 5.74) is 2.66. The average molecular weight is 656 g/mol. The molecule has 3 aromatic carbocycles. The molecule has 13 heteroatoms. The van der Waals surface area contributed by atoms with Gasteiger partial charge in [-0.05, 0) is 96.9 Å². The van der Waals surface area contributed by atoms with Crippen LogP contribution < -0.4 is 10.6 Å². The number of aromatic nitrogens is 4. The van der Waals surface area contributed by atoms with Crippen molar-refractivity contribution in [1.29, 1.82) is 0 Å². The van der Waals surface area contributed by atoms with Crippen LogP contribution in [0.25, 0.3) is 11.8 Å². The Hall–Kier alpha value is -4.91. The van der Waals surface area contributed by atoms with Gasteiger partial charge in [-0.15, -0.1) is 5.10 Å². The number of benzene rings is 3. The van der Waals surface area contributed by atoms with Crippen LogP contribution in [-0.4, -0.2) is 85.9 Å². The molecule has 0 saturated carbocycles. The first-order chi connectivity index (χ1) is 22.9. The monoisotopic (exact) mass is 655 g/mol. The molecule has 2 amide bonds. The Morgan fingerprint density at radius 1 is 1.00 bits per heavy atom. The number of carboxylic acids is 1. The number of piperidine rings is 2. The Morgan fingerprint density at radius 2 is 1.77 bits per heavy atom. The SMILES string of the molecule is O=C(O)c1ccc(NC(=O)[C@@H]2[C@H](c3ccccc3)C[C@H](OC3CCNCC3)CN2C(=O)/C=C/c2cc(Cl)ccc2-n2cnnn2)cc1. The highest BCUT2D eigenvalue weighted by atomic mass is 35.5. The minimum Gasteiger partial charge on any atom is -0.478 e. The van der Waals surface area contributed by atoms with Crippen LogP contribution in [0.5, 0.6) is 0 Å². The summed E-state index contributed by atoms with van der Waals surface area (Å²) in [4.78, 5) is 41.3. The highest BCUT2D eigenvalue weighted by Crippen LogP contribution is 2.36. The van der Waals surface area contributed by atoms with Crippen LogP contribution in [0.15, 0.2) is 85.2 Å². The second kappa shape index (κ2) is 14.7. The quantitative estimate of drug-likeness (QED) is 0.226. The molecule has 12 nitrogen and oxygen atoms in total. The van der Waals surface area contributed by atoms with Crippen LogP contribution in [0.1, 0.15) is 46.7 Å². The van der Waals surface area contributed by atoms with Gasteiger partial charge in [0.25, 0.3) is 0 Å². The molecule has 242 valence electrons. The van der Waals surface area contributed by atoms with Crippen molar-refractivity contribution in [3.05, 3.63) is 107 Å². The predicted octanol–water partition coefficient (Wildman–Crippen LogP) is 4.19. The highest BCUT2D eigenvalue weighted by molar-refractivity contribution is 6.30. The number of nitrogens with zero attached hydrogens (tertiary/aromatic N) is 5. The van der Waals surface area contributed by atoms with Gasteiger partial charge in [0, 0.05) is 34.8 Å². The number of amides is 2. The van der Waals surface area contributed by atoms with E-state index in [0.717, 1.165) is 31.5 Å². The molecule has 47 heavy (non-hydrogen) atoms. The predicted molar refractivity (Wildman–Crippen MR) is 175 cm³/mol. The van der Waals surface area contributed by atoms with Gasteiger partial charge in [0.2, 0.25) is 11.8 Å². The van der Waals surface area contributed by atoms with E-state index in [2.05, 4.69) is 26.2 Å². The number of nitrogens with one attached hydrogen (secondary N) is 2. The fourth-order valence-corrected chi connectivity index (χ4v) is 6.40. The van der Waals surface area contributed by atoms with E-state index in [4.69, 9.17) is 16.3 Å². The largest absolute Gasteiger partial charge is 0.478 e. The van der Waals surface area contributed by atoms with E-state index in [1.807, 2.05) is 30.3 Å². The molecule has 0 spiro atoms. The number of hydrogen-bond donors (Lipinski definition) is 3. The van der Waals surface area contributed by atoms with Crippen LogP contribution in [0.3, 0.4) is 0 Å². The van der Waals surface area contributed by atoms with Crippen LogP contribution in [0, 0.1) is 0 Å². The van der Waals surface area contributed by atoms with Crippen molar-refractivity contribution in [2.75, 3.05) is 25.0 Å². The lowest BCUT2D eigenvalue weighted by molar-refractivity contribution is -0.145. The standard InChI is InChI=1S/C34H34ClN7O5/c35-25-9-12-30(42-21-37-39-40-42)24(18-25)8-13-31(43)41-20-28(47-27-14-16-36-17-15-27)19-29(22-4-2-1-3-5-22)32(41)33(44)38-26-10-6-23(7-11-26)34(45)46/h1-13,18,21,27-29,32,36H,14-17,19-20H2,(H,38,44)(H,45,46)/b13-8+/t28-,29-,32-/m0/s1. The van der Waals surface area contributed by atoms with Crippen LogP contribution >= 0.6 is 11.6 Å².